The lowest BCUT2D eigenvalue weighted by atomic mass is 10.2. The van der Waals surface area contributed by atoms with Crippen LogP contribution in [0.4, 0.5) is 0 Å². The van der Waals surface area contributed by atoms with Gasteiger partial charge in [0, 0.05) is 44.1 Å². The fourth-order valence-electron chi connectivity index (χ4n) is 3.80. The molecule has 4 rings (SSSR count). The number of fused-ring (bicyclic) bond motifs is 1. The highest BCUT2D eigenvalue weighted by Gasteiger charge is 2.24. The molecule has 1 N–H and O–H groups in total. The van der Waals surface area contributed by atoms with Gasteiger partial charge < -0.3 is 9.88 Å². The van der Waals surface area contributed by atoms with Gasteiger partial charge in [-0.1, -0.05) is 25.6 Å². The van der Waals surface area contributed by atoms with Crippen LogP contribution in [0.2, 0.25) is 0 Å². The van der Waals surface area contributed by atoms with Crippen molar-refractivity contribution in [3.8, 4) is 0 Å². The Morgan fingerprint density at radius 3 is 2.58 bits per heavy atom. The number of pyridine rings is 1. The van der Waals surface area contributed by atoms with E-state index in [1.54, 1.807) is 41.5 Å². The fraction of sp³-hybridized carbons (Fsp3) is 0.429. The van der Waals surface area contributed by atoms with Gasteiger partial charge in [0.2, 0.25) is 10.0 Å². The molecule has 0 radical (unpaired) electrons. The van der Waals surface area contributed by atoms with Crippen molar-refractivity contribution in [1.82, 2.24) is 28.8 Å². The molecule has 0 saturated carbocycles. The van der Waals surface area contributed by atoms with Crippen LogP contribution in [0.3, 0.4) is 0 Å². The number of ketones is 1. The van der Waals surface area contributed by atoms with Crippen molar-refractivity contribution in [1.29, 1.82) is 0 Å². The summed E-state index contributed by atoms with van der Waals surface area (Å²) >= 11 is 1.16. The summed E-state index contributed by atoms with van der Waals surface area (Å²) in [5.41, 5.74) is 1.32. The van der Waals surface area contributed by atoms with Crippen LogP contribution in [0, 0.1) is 0 Å². The quantitative estimate of drug-likeness (QED) is 0.361. The number of carbonyl (C=O) groups excluding carboxylic acids is 2. The zero-order valence-electron chi connectivity index (χ0n) is 18.5. The molecule has 10 nitrogen and oxygen atoms in total. The first-order valence-corrected chi connectivity index (χ1v) is 13.3. The molecular weight excluding hydrogens is 464 g/mol. The number of thioether (sulfide) groups is 1. The Morgan fingerprint density at radius 2 is 1.88 bits per heavy atom. The van der Waals surface area contributed by atoms with E-state index in [1.165, 1.54) is 16.6 Å². The van der Waals surface area contributed by atoms with E-state index in [0.29, 0.717) is 35.2 Å². The summed E-state index contributed by atoms with van der Waals surface area (Å²) in [7, 11) is -3.63. The third kappa shape index (κ3) is 4.68. The van der Waals surface area contributed by atoms with Crippen LogP contribution in [0.25, 0.3) is 5.65 Å². The number of likely N-dealkylation sites (tertiary alicyclic amines) is 1. The van der Waals surface area contributed by atoms with E-state index in [-0.39, 0.29) is 22.3 Å². The molecule has 0 spiro atoms. The zero-order chi connectivity index (χ0) is 23.6. The molecule has 0 aromatic carbocycles. The van der Waals surface area contributed by atoms with Crippen LogP contribution in [0.1, 0.15) is 47.5 Å². The third-order valence-electron chi connectivity index (χ3n) is 5.65. The number of amides is 1. The van der Waals surface area contributed by atoms with Crippen molar-refractivity contribution < 1.29 is 18.0 Å². The van der Waals surface area contributed by atoms with E-state index in [9.17, 15) is 18.0 Å². The van der Waals surface area contributed by atoms with Gasteiger partial charge in [0.25, 0.3) is 5.91 Å². The maximum atomic E-state index is 12.9. The van der Waals surface area contributed by atoms with E-state index in [0.717, 1.165) is 37.7 Å². The molecule has 3 aromatic heterocycles. The lowest BCUT2D eigenvalue weighted by molar-refractivity contribution is 0.0787. The van der Waals surface area contributed by atoms with Crippen molar-refractivity contribution in [2.45, 2.75) is 36.7 Å². The second-order valence-corrected chi connectivity index (χ2v) is 10.6. The molecule has 0 bridgehead atoms. The Morgan fingerprint density at radius 1 is 1.15 bits per heavy atom. The maximum Gasteiger partial charge on any atom is 0.270 e. The minimum absolute atomic E-state index is 0.0724. The van der Waals surface area contributed by atoms with Gasteiger partial charge in [-0.2, -0.15) is 4.31 Å². The summed E-state index contributed by atoms with van der Waals surface area (Å²) in [4.78, 5) is 30.0. The van der Waals surface area contributed by atoms with E-state index in [4.69, 9.17) is 0 Å². The summed E-state index contributed by atoms with van der Waals surface area (Å²) in [6, 6.07) is 4.69. The third-order valence-corrected chi connectivity index (χ3v) is 8.62. The van der Waals surface area contributed by atoms with E-state index in [1.807, 2.05) is 0 Å². The Labute approximate surface area is 196 Å². The zero-order valence-corrected chi connectivity index (χ0v) is 20.2. The number of sulfonamides is 1. The molecule has 0 atom stereocenters. The van der Waals surface area contributed by atoms with Gasteiger partial charge in [0.05, 0.1) is 10.6 Å². The average Bonchev–Trinajstić information content (AvgIpc) is 3.58. The molecule has 12 heteroatoms. The number of hydrogen-bond acceptors (Lipinski definition) is 7. The van der Waals surface area contributed by atoms with Gasteiger partial charge >= 0.3 is 0 Å². The van der Waals surface area contributed by atoms with Crippen LogP contribution in [-0.2, 0) is 10.0 Å². The topological polar surface area (TPSA) is 121 Å². The lowest BCUT2D eigenvalue weighted by Gasteiger charge is -2.18. The molecule has 1 aliphatic heterocycles. The molecule has 1 fully saturated rings. The number of H-pyrrole nitrogens is 1. The predicted molar refractivity (Wildman–Crippen MR) is 124 cm³/mol. The van der Waals surface area contributed by atoms with Gasteiger partial charge in [-0.25, -0.2) is 8.42 Å². The summed E-state index contributed by atoms with van der Waals surface area (Å²) < 4.78 is 28.7. The predicted octanol–water partition coefficient (Wildman–Crippen LogP) is 2.30. The Bertz CT molecular complexity index is 1270. The minimum atomic E-state index is -3.63. The lowest BCUT2D eigenvalue weighted by Crippen LogP contribution is -2.30. The SMILES string of the molecule is CCN(CC)S(=O)(=O)c1ccc2nnc(SCC(=O)c3c[nH]c(C(=O)N4CCCC4)c3)n2c1. The van der Waals surface area contributed by atoms with Crippen LogP contribution >= 0.6 is 11.8 Å². The second-order valence-electron chi connectivity index (χ2n) is 7.68. The Balaban J connectivity index is 1.48. The maximum absolute atomic E-state index is 12.9. The smallest absolute Gasteiger partial charge is 0.270 e. The number of aromatic amines is 1. The molecule has 1 saturated heterocycles. The Hall–Kier alpha value is -2.70. The van der Waals surface area contributed by atoms with Gasteiger partial charge in [-0.3, -0.25) is 14.0 Å². The van der Waals surface area contributed by atoms with E-state index < -0.39 is 10.0 Å². The summed E-state index contributed by atoms with van der Waals surface area (Å²) in [6.45, 7) is 5.79. The van der Waals surface area contributed by atoms with Crippen LogP contribution in [-0.4, -0.2) is 80.8 Å². The fourth-order valence-corrected chi connectivity index (χ4v) is 6.06. The first-order valence-electron chi connectivity index (χ1n) is 10.8. The number of carbonyl (C=O) groups is 2. The first-order chi connectivity index (χ1) is 15.8. The van der Waals surface area contributed by atoms with Crippen molar-refractivity contribution in [3.63, 3.8) is 0 Å². The van der Waals surface area contributed by atoms with Gasteiger partial charge in [-0.05, 0) is 31.0 Å². The number of hydrogen-bond donors (Lipinski definition) is 1. The summed E-state index contributed by atoms with van der Waals surface area (Å²) in [6.07, 6.45) is 5.03. The molecule has 1 amide bonds. The molecule has 33 heavy (non-hydrogen) atoms. The van der Waals surface area contributed by atoms with Gasteiger partial charge in [0.1, 0.15) is 5.69 Å². The number of aromatic nitrogens is 4. The minimum Gasteiger partial charge on any atom is -0.356 e. The number of rotatable bonds is 9. The van der Waals surface area contributed by atoms with Gasteiger partial charge in [0.15, 0.2) is 16.6 Å². The van der Waals surface area contributed by atoms with Crippen molar-refractivity contribution in [2.24, 2.45) is 0 Å². The molecule has 4 heterocycles. The standard InChI is InChI=1S/C21H26N6O4S2/c1-3-26(4-2)33(30,31)16-7-8-19-23-24-21(27(19)13-16)32-14-18(28)15-11-17(22-12-15)20(29)25-9-5-6-10-25/h7-8,11-13,22H,3-6,9-10,14H2,1-2H3. The number of nitrogens with zero attached hydrogens (tertiary/aromatic N) is 5. The van der Waals surface area contributed by atoms with Gasteiger partial charge in [-0.15, -0.1) is 10.2 Å². The monoisotopic (exact) mass is 490 g/mol. The molecule has 3 aromatic rings. The van der Waals surface area contributed by atoms with E-state index >= 15 is 0 Å². The number of Topliss-reactive ketones (excluding diaryl/α,β-unsaturated/α-hetero) is 1. The second kappa shape index (κ2) is 9.65. The average molecular weight is 491 g/mol. The van der Waals surface area contributed by atoms with E-state index in [2.05, 4.69) is 15.2 Å². The molecule has 0 unspecified atom stereocenters. The largest absolute Gasteiger partial charge is 0.356 e. The highest BCUT2D eigenvalue weighted by Crippen LogP contribution is 2.22. The van der Waals surface area contributed by atoms with Crippen molar-refractivity contribution in [2.75, 3.05) is 31.9 Å². The van der Waals surface area contributed by atoms with Crippen LogP contribution < -0.4 is 0 Å². The highest BCUT2D eigenvalue weighted by molar-refractivity contribution is 7.99. The van der Waals surface area contributed by atoms with Crippen LogP contribution in [0.5, 0.6) is 0 Å². The summed E-state index contributed by atoms with van der Waals surface area (Å²) in [5, 5.41) is 8.58. The molecule has 176 valence electrons. The number of nitrogens with one attached hydrogen (secondary N) is 1. The highest BCUT2D eigenvalue weighted by atomic mass is 32.2. The first kappa shape index (κ1) is 23.5. The van der Waals surface area contributed by atoms with Crippen molar-refractivity contribution in [3.05, 3.63) is 41.9 Å². The van der Waals surface area contributed by atoms with Crippen molar-refractivity contribution >= 4 is 39.1 Å². The summed E-state index contributed by atoms with van der Waals surface area (Å²) in [5.74, 6) is -0.187. The van der Waals surface area contributed by atoms with Crippen LogP contribution in [0.15, 0.2) is 40.6 Å². The molecule has 0 aliphatic carbocycles. The normalized spacial score (nSPS) is 14.5. The molecule has 1 aliphatic rings. The Kier molecular flexibility index (Phi) is 6.86. The molecular formula is C21H26N6O4S2.